The van der Waals surface area contributed by atoms with Crippen LogP contribution in [0, 0.1) is 5.92 Å². The molecule has 0 radical (unpaired) electrons. The minimum Gasteiger partial charge on any atom is -0.504 e. The fraction of sp³-hybridized carbons (Fsp3) is 0.467. The molecular formula is C15H19N3O3. The Labute approximate surface area is 122 Å². The Balaban J connectivity index is 1.75. The van der Waals surface area contributed by atoms with Gasteiger partial charge in [0, 0.05) is 6.07 Å². The van der Waals surface area contributed by atoms with Crippen molar-refractivity contribution >= 4 is 10.9 Å². The SMILES string of the molecule is CN1CCC(COc2cc3nc[nH]c(=O)c3cc2O)CC1. The van der Waals surface area contributed by atoms with Gasteiger partial charge in [0.1, 0.15) is 0 Å². The average Bonchev–Trinajstić information content (AvgIpc) is 2.48. The summed E-state index contributed by atoms with van der Waals surface area (Å²) >= 11 is 0. The highest BCUT2D eigenvalue weighted by Crippen LogP contribution is 2.30. The number of ether oxygens (including phenoxy) is 1. The molecule has 2 aromatic rings. The third-order valence-electron chi connectivity index (χ3n) is 4.03. The average molecular weight is 289 g/mol. The van der Waals surface area contributed by atoms with Gasteiger partial charge >= 0.3 is 0 Å². The number of phenols is 1. The van der Waals surface area contributed by atoms with Gasteiger partial charge in [-0.05, 0) is 45.0 Å². The second-order valence-corrected chi connectivity index (χ2v) is 5.63. The van der Waals surface area contributed by atoms with Crippen LogP contribution < -0.4 is 10.3 Å². The van der Waals surface area contributed by atoms with Crippen LogP contribution in [0.2, 0.25) is 0 Å². The second kappa shape index (κ2) is 5.73. The summed E-state index contributed by atoms with van der Waals surface area (Å²) in [6, 6.07) is 3.03. The van der Waals surface area contributed by atoms with Gasteiger partial charge < -0.3 is 19.7 Å². The molecule has 0 aliphatic carbocycles. The van der Waals surface area contributed by atoms with Gasteiger partial charge in [0.05, 0.1) is 23.8 Å². The van der Waals surface area contributed by atoms with Gasteiger partial charge in [-0.2, -0.15) is 0 Å². The second-order valence-electron chi connectivity index (χ2n) is 5.63. The fourth-order valence-corrected chi connectivity index (χ4v) is 2.64. The van der Waals surface area contributed by atoms with Crippen molar-refractivity contribution in [1.29, 1.82) is 0 Å². The predicted molar refractivity (Wildman–Crippen MR) is 79.7 cm³/mol. The van der Waals surface area contributed by atoms with E-state index in [-0.39, 0.29) is 11.3 Å². The normalized spacial score (nSPS) is 17.2. The Morgan fingerprint density at radius 2 is 2.19 bits per heavy atom. The highest BCUT2D eigenvalue weighted by atomic mass is 16.5. The Bertz CT molecular complexity index is 690. The summed E-state index contributed by atoms with van der Waals surface area (Å²) in [5, 5.41) is 10.4. The highest BCUT2D eigenvalue weighted by Gasteiger charge is 2.18. The number of likely N-dealkylation sites (tertiary alicyclic amines) is 1. The lowest BCUT2D eigenvalue weighted by Gasteiger charge is -2.28. The molecule has 0 spiro atoms. The number of aromatic nitrogens is 2. The maximum absolute atomic E-state index is 11.6. The van der Waals surface area contributed by atoms with E-state index >= 15 is 0 Å². The molecule has 0 atom stereocenters. The zero-order chi connectivity index (χ0) is 14.8. The number of piperidine rings is 1. The number of H-pyrrole nitrogens is 1. The largest absolute Gasteiger partial charge is 0.504 e. The van der Waals surface area contributed by atoms with Crippen molar-refractivity contribution in [3.63, 3.8) is 0 Å². The first kappa shape index (κ1) is 13.9. The van der Waals surface area contributed by atoms with Crippen molar-refractivity contribution in [2.45, 2.75) is 12.8 Å². The van der Waals surface area contributed by atoms with Gasteiger partial charge in [-0.1, -0.05) is 0 Å². The molecule has 0 unspecified atom stereocenters. The van der Waals surface area contributed by atoms with E-state index in [0.717, 1.165) is 25.9 Å². The molecule has 1 saturated heterocycles. The summed E-state index contributed by atoms with van der Waals surface area (Å²) < 4.78 is 5.74. The van der Waals surface area contributed by atoms with Gasteiger partial charge in [0.2, 0.25) is 0 Å². The molecule has 6 heteroatoms. The number of nitrogens with one attached hydrogen (secondary N) is 1. The highest BCUT2D eigenvalue weighted by molar-refractivity contribution is 5.81. The van der Waals surface area contributed by atoms with Crippen molar-refractivity contribution in [3.8, 4) is 11.5 Å². The monoisotopic (exact) mass is 289 g/mol. The summed E-state index contributed by atoms with van der Waals surface area (Å²) in [6.45, 7) is 2.74. The van der Waals surface area contributed by atoms with E-state index in [4.69, 9.17) is 4.74 Å². The molecule has 0 bridgehead atoms. The third kappa shape index (κ3) is 3.00. The standard InChI is InChI=1S/C15H19N3O3/c1-18-4-2-10(3-5-18)8-21-14-7-12-11(6-13(14)19)15(20)17-9-16-12/h6-7,9-10,19H,2-5,8H2,1H3,(H,16,17,20). The molecule has 2 N–H and O–H groups in total. The van der Waals surface area contributed by atoms with Crippen LogP contribution in [-0.4, -0.2) is 46.7 Å². The molecule has 21 heavy (non-hydrogen) atoms. The number of aromatic amines is 1. The zero-order valence-electron chi connectivity index (χ0n) is 12.0. The van der Waals surface area contributed by atoms with Crippen LogP contribution in [-0.2, 0) is 0 Å². The first-order valence-electron chi connectivity index (χ1n) is 7.15. The minimum absolute atomic E-state index is 0.0195. The van der Waals surface area contributed by atoms with Crippen LogP contribution in [0.25, 0.3) is 10.9 Å². The van der Waals surface area contributed by atoms with Crippen LogP contribution in [0.1, 0.15) is 12.8 Å². The lowest BCUT2D eigenvalue weighted by Crippen LogP contribution is -2.32. The van der Waals surface area contributed by atoms with Crippen molar-refractivity contribution in [2.75, 3.05) is 26.7 Å². The van der Waals surface area contributed by atoms with Crippen LogP contribution in [0.15, 0.2) is 23.3 Å². The summed E-state index contributed by atoms with van der Waals surface area (Å²) in [7, 11) is 2.12. The number of hydrogen-bond donors (Lipinski definition) is 2. The van der Waals surface area contributed by atoms with E-state index < -0.39 is 0 Å². The van der Waals surface area contributed by atoms with Gasteiger partial charge in [-0.15, -0.1) is 0 Å². The van der Waals surface area contributed by atoms with Gasteiger partial charge in [-0.3, -0.25) is 4.79 Å². The molecular weight excluding hydrogens is 270 g/mol. The molecule has 2 heterocycles. The molecule has 1 aliphatic heterocycles. The van der Waals surface area contributed by atoms with Crippen LogP contribution in [0.4, 0.5) is 0 Å². The van der Waals surface area contributed by atoms with E-state index in [1.54, 1.807) is 6.07 Å². The summed E-state index contributed by atoms with van der Waals surface area (Å²) in [6.07, 6.45) is 3.55. The summed E-state index contributed by atoms with van der Waals surface area (Å²) in [5.41, 5.74) is 0.257. The van der Waals surface area contributed by atoms with Gasteiger partial charge in [0.25, 0.3) is 5.56 Å². The zero-order valence-corrected chi connectivity index (χ0v) is 12.0. The number of phenolic OH excluding ortho intramolecular Hbond substituents is 1. The van der Waals surface area contributed by atoms with E-state index in [0.29, 0.717) is 29.2 Å². The lowest BCUT2D eigenvalue weighted by molar-refractivity contribution is 0.158. The number of benzene rings is 1. The molecule has 1 aliphatic rings. The number of fused-ring (bicyclic) bond motifs is 1. The Hall–Kier alpha value is -2.08. The Kier molecular flexibility index (Phi) is 3.79. The fourth-order valence-electron chi connectivity index (χ4n) is 2.64. The van der Waals surface area contributed by atoms with Crippen molar-refractivity contribution in [2.24, 2.45) is 5.92 Å². The molecule has 1 fully saturated rings. The maximum Gasteiger partial charge on any atom is 0.258 e. The van der Waals surface area contributed by atoms with Crippen molar-refractivity contribution in [3.05, 3.63) is 28.8 Å². The summed E-state index contributed by atoms with van der Waals surface area (Å²) in [5.74, 6) is 0.872. The molecule has 6 nitrogen and oxygen atoms in total. The minimum atomic E-state index is -0.267. The first-order chi connectivity index (χ1) is 10.1. The number of hydrogen-bond acceptors (Lipinski definition) is 5. The van der Waals surface area contributed by atoms with E-state index in [2.05, 4.69) is 21.9 Å². The quantitative estimate of drug-likeness (QED) is 0.891. The number of aromatic hydroxyl groups is 1. The first-order valence-corrected chi connectivity index (χ1v) is 7.15. The van der Waals surface area contributed by atoms with E-state index in [9.17, 15) is 9.90 Å². The third-order valence-corrected chi connectivity index (χ3v) is 4.03. The number of nitrogens with zero attached hydrogens (tertiary/aromatic N) is 2. The maximum atomic E-state index is 11.6. The van der Waals surface area contributed by atoms with Crippen LogP contribution >= 0.6 is 0 Å². The van der Waals surface area contributed by atoms with Gasteiger partial charge in [-0.25, -0.2) is 4.98 Å². The summed E-state index contributed by atoms with van der Waals surface area (Å²) in [4.78, 5) is 20.5. The van der Waals surface area contributed by atoms with Gasteiger partial charge in [0.15, 0.2) is 11.5 Å². The predicted octanol–water partition coefficient (Wildman–Crippen LogP) is 1.35. The smallest absolute Gasteiger partial charge is 0.258 e. The Morgan fingerprint density at radius 1 is 1.43 bits per heavy atom. The Morgan fingerprint density at radius 3 is 2.95 bits per heavy atom. The lowest BCUT2D eigenvalue weighted by atomic mass is 9.98. The van der Waals surface area contributed by atoms with Crippen molar-refractivity contribution < 1.29 is 9.84 Å². The molecule has 112 valence electrons. The topological polar surface area (TPSA) is 78.5 Å². The molecule has 3 rings (SSSR count). The molecule has 1 aromatic heterocycles. The van der Waals surface area contributed by atoms with E-state index in [1.165, 1.54) is 12.4 Å². The molecule has 0 saturated carbocycles. The number of rotatable bonds is 3. The van der Waals surface area contributed by atoms with Crippen molar-refractivity contribution in [1.82, 2.24) is 14.9 Å². The van der Waals surface area contributed by atoms with Crippen LogP contribution in [0.3, 0.4) is 0 Å². The van der Waals surface area contributed by atoms with E-state index in [1.807, 2.05) is 0 Å². The molecule has 1 aromatic carbocycles. The molecule has 0 amide bonds. The van der Waals surface area contributed by atoms with Crippen LogP contribution in [0.5, 0.6) is 11.5 Å².